The van der Waals surface area contributed by atoms with E-state index < -0.39 is 10.0 Å². The van der Waals surface area contributed by atoms with Gasteiger partial charge >= 0.3 is 0 Å². The molecule has 2 unspecified atom stereocenters. The average molecular weight is 347 g/mol. The summed E-state index contributed by atoms with van der Waals surface area (Å²) in [6, 6.07) is 2.75. The van der Waals surface area contributed by atoms with Crippen LogP contribution in [0.3, 0.4) is 0 Å². The second-order valence-electron chi connectivity index (χ2n) is 5.79. The average Bonchev–Trinajstić information content (AvgIpc) is 2.48. The van der Waals surface area contributed by atoms with E-state index in [1.165, 1.54) is 17.5 Å². The van der Waals surface area contributed by atoms with Gasteiger partial charge in [0, 0.05) is 18.6 Å². The number of methoxy groups -OCH3 is 1. The molecule has 2 rings (SSSR count). The van der Waals surface area contributed by atoms with Gasteiger partial charge in [-0.3, -0.25) is 0 Å². The van der Waals surface area contributed by atoms with E-state index >= 15 is 0 Å². The molecule has 0 spiro atoms. The summed E-state index contributed by atoms with van der Waals surface area (Å²) in [6.45, 7) is 4.10. The lowest BCUT2D eigenvalue weighted by molar-refractivity contribution is 0.227. The third-order valence-electron chi connectivity index (χ3n) is 4.14. The van der Waals surface area contributed by atoms with Crippen LogP contribution < -0.4 is 10.5 Å². The van der Waals surface area contributed by atoms with Crippen LogP contribution >= 0.6 is 11.6 Å². The first kappa shape index (κ1) is 17.5. The molecule has 22 heavy (non-hydrogen) atoms. The fourth-order valence-electron chi connectivity index (χ4n) is 2.95. The molecule has 0 radical (unpaired) electrons. The second-order valence-corrected chi connectivity index (χ2v) is 8.06. The summed E-state index contributed by atoms with van der Waals surface area (Å²) in [7, 11) is -2.12. The predicted molar refractivity (Wildman–Crippen MR) is 87.9 cm³/mol. The van der Waals surface area contributed by atoms with E-state index in [9.17, 15) is 8.42 Å². The molecule has 0 aliphatic carbocycles. The Morgan fingerprint density at radius 1 is 1.41 bits per heavy atom. The number of hydrogen-bond donors (Lipinski definition) is 1. The van der Waals surface area contributed by atoms with E-state index in [0.717, 1.165) is 19.3 Å². The molecule has 1 heterocycles. The number of halogens is 1. The Bertz CT molecular complexity index is 646. The molecular weight excluding hydrogens is 324 g/mol. The molecule has 2 N–H and O–H groups in total. The highest BCUT2D eigenvalue weighted by Gasteiger charge is 2.36. The van der Waals surface area contributed by atoms with Gasteiger partial charge in [-0.05, 0) is 44.4 Å². The van der Waals surface area contributed by atoms with Crippen molar-refractivity contribution in [2.75, 3.05) is 13.7 Å². The van der Waals surface area contributed by atoms with Crippen molar-refractivity contribution in [1.82, 2.24) is 4.31 Å². The minimum absolute atomic E-state index is 0.168. The Morgan fingerprint density at radius 3 is 2.68 bits per heavy atom. The maximum Gasteiger partial charge on any atom is 0.243 e. The van der Waals surface area contributed by atoms with Crippen LogP contribution in [0.2, 0.25) is 5.02 Å². The first-order chi connectivity index (χ1) is 10.3. The summed E-state index contributed by atoms with van der Waals surface area (Å²) in [5, 5.41) is 0.293. The summed E-state index contributed by atoms with van der Waals surface area (Å²) in [4.78, 5) is 0.228. The predicted octanol–water partition coefficient (Wildman–Crippen LogP) is 2.55. The molecule has 1 saturated heterocycles. The molecule has 0 aromatic heterocycles. The number of ether oxygens (including phenoxy) is 1. The van der Waals surface area contributed by atoms with Gasteiger partial charge in [0.1, 0.15) is 5.75 Å². The van der Waals surface area contributed by atoms with E-state index in [1.807, 2.05) is 6.92 Å². The Morgan fingerprint density at radius 2 is 2.09 bits per heavy atom. The summed E-state index contributed by atoms with van der Waals surface area (Å²) in [5.41, 5.74) is 6.61. The summed E-state index contributed by atoms with van der Waals surface area (Å²) in [6.07, 6.45) is 2.64. The standard InChI is InChI=1S/C15H23ClN2O3S/c1-10-8-14(21-3)12(16)9-15(10)22(19,20)18-7-5-4-6-13(18)11(2)17/h8-9,11,13H,4-7,17H2,1-3H3. The fourth-order valence-corrected chi connectivity index (χ4v) is 5.27. The number of rotatable bonds is 4. The van der Waals surface area contributed by atoms with Gasteiger partial charge in [0.15, 0.2) is 0 Å². The van der Waals surface area contributed by atoms with Crippen molar-refractivity contribution in [2.24, 2.45) is 5.73 Å². The van der Waals surface area contributed by atoms with Gasteiger partial charge in [-0.25, -0.2) is 8.42 Å². The molecule has 0 amide bonds. The maximum atomic E-state index is 13.0. The molecule has 1 aliphatic heterocycles. The number of piperidine rings is 1. The van der Waals surface area contributed by atoms with Crippen LogP contribution in [0.1, 0.15) is 31.7 Å². The lowest BCUT2D eigenvalue weighted by Crippen LogP contribution is -2.51. The van der Waals surface area contributed by atoms with Crippen LogP contribution in [-0.2, 0) is 10.0 Å². The molecule has 1 aliphatic rings. The van der Waals surface area contributed by atoms with E-state index in [1.54, 1.807) is 13.0 Å². The zero-order valence-corrected chi connectivity index (χ0v) is 14.7. The minimum Gasteiger partial charge on any atom is -0.495 e. The van der Waals surface area contributed by atoms with E-state index in [2.05, 4.69) is 0 Å². The number of sulfonamides is 1. The SMILES string of the molecule is COc1cc(C)c(S(=O)(=O)N2CCCCC2C(C)N)cc1Cl. The van der Waals surface area contributed by atoms with E-state index in [4.69, 9.17) is 22.1 Å². The lowest BCUT2D eigenvalue weighted by Gasteiger charge is -2.37. The van der Waals surface area contributed by atoms with Crippen molar-refractivity contribution >= 4 is 21.6 Å². The molecule has 124 valence electrons. The van der Waals surface area contributed by atoms with Crippen LogP contribution in [0, 0.1) is 6.92 Å². The van der Waals surface area contributed by atoms with Gasteiger partial charge in [-0.15, -0.1) is 0 Å². The molecule has 7 heteroatoms. The van der Waals surface area contributed by atoms with Crippen LogP contribution in [0.15, 0.2) is 17.0 Å². The Balaban J connectivity index is 2.47. The van der Waals surface area contributed by atoms with Crippen molar-refractivity contribution in [3.8, 4) is 5.75 Å². The highest BCUT2D eigenvalue weighted by atomic mass is 35.5. The maximum absolute atomic E-state index is 13.0. The van der Waals surface area contributed by atoms with E-state index in [0.29, 0.717) is 22.9 Å². The third kappa shape index (κ3) is 3.25. The number of aryl methyl sites for hydroxylation is 1. The van der Waals surface area contributed by atoms with Gasteiger partial charge < -0.3 is 10.5 Å². The zero-order valence-electron chi connectivity index (χ0n) is 13.2. The van der Waals surface area contributed by atoms with Crippen LogP contribution in [0.5, 0.6) is 5.75 Å². The van der Waals surface area contributed by atoms with Crippen LogP contribution in [0.4, 0.5) is 0 Å². The van der Waals surface area contributed by atoms with Crippen molar-refractivity contribution in [2.45, 2.75) is 50.1 Å². The first-order valence-corrected chi connectivity index (χ1v) is 9.22. The summed E-state index contributed by atoms with van der Waals surface area (Å²) < 4.78 is 32.8. The van der Waals surface area contributed by atoms with Gasteiger partial charge in [0.05, 0.1) is 17.0 Å². The fraction of sp³-hybridized carbons (Fsp3) is 0.600. The molecular formula is C15H23ClN2O3S. The quantitative estimate of drug-likeness (QED) is 0.909. The van der Waals surface area contributed by atoms with Crippen molar-refractivity contribution in [3.63, 3.8) is 0 Å². The zero-order chi connectivity index (χ0) is 16.5. The molecule has 5 nitrogen and oxygen atoms in total. The van der Waals surface area contributed by atoms with Gasteiger partial charge in [-0.1, -0.05) is 18.0 Å². The molecule has 2 atom stereocenters. The smallest absolute Gasteiger partial charge is 0.243 e. The van der Waals surface area contributed by atoms with Crippen molar-refractivity contribution < 1.29 is 13.2 Å². The van der Waals surface area contributed by atoms with Crippen molar-refractivity contribution in [3.05, 3.63) is 22.7 Å². The highest BCUT2D eigenvalue weighted by Crippen LogP contribution is 2.34. The molecule has 1 fully saturated rings. The van der Waals surface area contributed by atoms with Crippen LogP contribution in [-0.4, -0.2) is 38.5 Å². The van der Waals surface area contributed by atoms with Crippen LogP contribution in [0.25, 0.3) is 0 Å². The molecule has 1 aromatic rings. The monoisotopic (exact) mass is 346 g/mol. The largest absolute Gasteiger partial charge is 0.495 e. The number of benzene rings is 1. The Labute approximate surface area is 137 Å². The number of hydrogen-bond acceptors (Lipinski definition) is 4. The van der Waals surface area contributed by atoms with Crippen molar-refractivity contribution in [1.29, 1.82) is 0 Å². The van der Waals surface area contributed by atoms with E-state index in [-0.39, 0.29) is 17.0 Å². The topological polar surface area (TPSA) is 72.6 Å². The molecule has 1 aromatic carbocycles. The van der Waals surface area contributed by atoms with Gasteiger partial charge in [0.2, 0.25) is 10.0 Å². The Hall–Kier alpha value is -0.820. The van der Waals surface area contributed by atoms with Gasteiger partial charge in [-0.2, -0.15) is 4.31 Å². The molecule has 0 saturated carbocycles. The molecule has 0 bridgehead atoms. The first-order valence-electron chi connectivity index (χ1n) is 7.40. The Kier molecular flexibility index (Phi) is 5.37. The lowest BCUT2D eigenvalue weighted by atomic mass is 10.00. The summed E-state index contributed by atoms with van der Waals surface area (Å²) in [5.74, 6) is 0.473. The van der Waals surface area contributed by atoms with Gasteiger partial charge in [0.25, 0.3) is 0 Å². The normalized spacial score (nSPS) is 21.6. The minimum atomic E-state index is -3.62. The number of nitrogens with two attached hydrogens (primary N) is 1. The highest BCUT2D eigenvalue weighted by molar-refractivity contribution is 7.89. The summed E-state index contributed by atoms with van der Waals surface area (Å²) >= 11 is 6.11. The number of nitrogens with zero attached hydrogens (tertiary/aromatic N) is 1. The third-order valence-corrected chi connectivity index (χ3v) is 6.50. The second kappa shape index (κ2) is 6.74.